The molecule has 2 rings (SSSR count). The van der Waals surface area contributed by atoms with Crippen molar-refractivity contribution in [2.24, 2.45) is 0 Å². The third-order valence-corrected chi connectivity index (χ3v) is 6.98. The second-order valence-corrected chi connectivity index (χ2v) is 11.1. The number of carboxylic acid groups (broad SMARTS) is 1. The molecule has 0 spiro atoms. The van der Waals surface area contributed by atoms with Crippen LogP contribution < -0.4 is 14.8 Å². The molecule has 1 amide bonds. The second kappa shape index (κ2) is 25.8. The standard InChI is InChI=1S/C42H47NO10/c1-3-4-5-6-7-8-9-10-11-12-13-14-15-16-17-18-19-20-29-39(47)53-42(50)35(30-31-38(45)46)43-40(48)33-25-21-23-27-36(33)52-41(49)34-26-22-24-28-37(34)51-32(2)44/h4-5,7-8,10-11,13-14,16-17,19-28,35H,3,6,9,12,15,18,29-31H2,1-2H3,(H,43,48)(H,45,46)/b5-4-,8-7-,11-10-,14-13-,17-16-,20-19-/i2D3. The Labute approximate surface area is 314 Å². The number of hydrogen-bond donors (Lipinski definition) is 2. The predicted molar refractivity (Wildman–Crippen MR) is 201 cm³/mol. The van der Waals surface area contributed by atoms with Gasteiger partial charge in [0.2, 0.25) is 0 Å². The van der Waals surface area contributed by atoms with Crippen LogP contribution in [0.25, 0.3) is 0 Å². The molecule has 11 nitrogen and oxygen atoms in total. The molecule has 0 aliphatic heterocycles. The number of aliphatic carboxylic acids is 1. The number of benzene rings is 2. The molecule has 11 heteroatoms. The Morgan fingerprint density at radius 2 is 1.19 bits per heavy atom. The highest BCUT2D eigenvalue weighted by Gasteiger charge is 2.27. The lowest BCUT2D eigenvalue weighted by Crippen LogP contribution is -2.43. The molecule has 0 bridgehead atoms. The summed E-state index contributed by atoms with van der Waals surface area (Å²) < 4.78 is 36.7. The predicted octanol–water partition coefficient (Wildman–Crippen LogP) is 7.95. The van der Waals surface area contributed by atoms with E-state index in [0.717, 1.165) is 32.1 Å². The van der Waals surface area contributed by atoms with Crippen molar-refractivity contribution in [3.05, 3.63) is 133 Å². The normalized spacial score (nSPS) is 13.3. The van der Waals surface area contributed by atoms with E-state index in [1.54, 1.807) is 6.08 Å². The number of carboxylic acids is 1. The van der Waals surface area contributed by atoms with E-state index in [4.69, 9.17) is 18.3 Å². The van der Waals surface area contributed by atoms with Crippen molar-refractivity contribution in [1.29, 1.82) is 0 Å². The van der Waals surface area contributed by atoms with E-state index in [0.29, 0.717) is 6.42 Å². The van der Waals surface area contributed by atoms with Crippen LogP contribution in [0.4, 0.5) is 0 Å². The van der Waals surface area contributed by atoms with Gasteiger partial charge in [-0.2, -0.15) is 0 Å². The SMILES string of the molecule is [2H]C([2H])([2H])C(=O)Oc1ccccc1C(=O)Oc1ccccc1C(=O)NC(CCC(=O)O)C(=O)OC(=O)C/C=C\C/C=C\C/C=C\C/C=C\C/C=C\C/C=C\CC. The Morgan fingerprint density at radius 1 is 0.698 bits per heavy atom. The highest BCUT2D eigenvalue weighted by atomic mass is 16.6. The number of nitrogens with one attached hydrogen (secondary N) is 1. The summed E-state index contributed by atoms with van der Waals surface area (Å²) >= 11 is 0. The van der Waals surface area contributed by atoms with Gasteiger partial charge >= 0.3 is 29.8 Å². The zero-order valence-corrected chi connectivity index (χ0v) is 29.6. The van der Waals surface area contributed by atoms with E-state index in [1.165, 1.54) is 54.6 Å². The summed E-state index contributed by atoms with van der Waals surface area (Å²) in [6.07, 6.45) is 27.9. The molecule has 2 aromatic rings. The maximum atomic E-state index is 13.3. The molecule has 0 aliphatic rings. The fourth-order valence-corrected chi connectivity index (χ4v) is 4.40. The minimum absolute atomic E-state index is 0.252. The summed E-state index contributed by atoms with van der Waals surface area (Å²) in [5, 5.41) is 11.5. The molecule has 1 unspecified atom stereocenters. The smallest absolute Gasteiger partial charge is 0.347 e. The number of rotatable bonds is 22. The van der Waals surface area contributed by atoms with Gasteiger partial charge in [0.25, 0.3) is 5.91 Å². The van der Waals surface area contributed by atoms with Crippen molar-refractivity contribution in [3.63, 3.8) is 0 Å². The monoisotopic (exact) mass is 728 g/mol. The summed E-state index contributed by atoms with van der Waals surface area (Å²) in [5.41, 5.74) is -0.580. The first kappa shape index (κ1) is 38.1. The zero-order chi connectivity index (χ0) is 41.2. The van der Waals surface area contributed by atoms with Gasteiger partial charge in [0, 0.05) is 17.4 Å². The highest BCUT2D eigenvalue weighted by molar-refractivity contribution is 6.02. The minimum Gasteiger partial charge on any atom is -0.481 e. The average Bonchev–Trinajstić information content (AvgIpc) is 3.15. The van der Waals surface area contributed by atoms with Gasteiger partial charge in [0.1, 0.15) is 23.1 Å². The summed E-state index contributed by atoms with van der Waals surface area (Å²) in [5.74, 6) is -7.72. The Bertz CT molecular complexity index is 1820. The van der Waals surface area contributed by atoms with E-state index in [-0.39, 0.29) is 23.3 Å². The quantitative estimate of drug-likeness (QED) is 0.0527. The van der Waals surface area contributed by atoms with E-state index >= 15 is 0 Å². The molecular formula is C42H47NO10. The van der Waals surface area contributed by atoms with Gasteiger partial charge in [-0.05, 0) is 69.2 Å². The molecule has 0 saturated heterocycles. The number of carbonyl (C=O) groups excluding carboxylic acids is 5. The molecule has 2 N–H and O–H groups in total. The van der Waals surface area contributed by atoms with Crippen molar-refractivity contribution in [2.45, 2.75) is 77.6 Å². The molecule has 0 aromatic heterocycles. The van der Waals surface area contributed by atoms with Crippen LogP contribution >= 0.6 is 0 Å². The molecule has 1 atom stereocenters. The van der Waals surface area contributed by atoms with Crippen molar-refractivity contribution >= 4 is 35.8 Å². The molecule has 280 valence electrons. The third-order valence-electron chi connectivity index (χ3n) is 6.98. The molecule has 2 aromatic carbocycles. The average molecular weight is 729 g/mol. The minimum atomic E-state index is -3.10. The van der Waals surface area contributed by atoms with Crippen molar-refractivity contribution < 1.29 is 52.2 Å². The van der Waals surface area contributed by atoms with E-state index in [1.807, 2.05) is 12.2 Å². The Morgan fingerprint density at radius 3 is 1.72 bits per heavy atom. The van der Waals surface area contributed by atoms with Crippen molar-refractivity contribution in [3.8, 4) is 11.5 Å². The van der Waals surface area contributed by atoms with Gasteiger partial charge in [-0.25, -0.2) is 9.59 Å². The largest absolute Gasteiger partial charge is 0.481 e. The molecule has 0 saturated carbocycles. The van der Waals surface area contributed by atoms with Crippen LogP contribution in [0.5, 0.6) is 11.5 Å². The number of para-hydroxylation sites is 2. The molecule has 0 radical (unpaired) electrons. The Kier molecular flexibility index (Phi) is 18.6. The van der Waals surface area contributed by atoms with E-state index < -0.39 is 67.2 Å². The van der Waals surface area contributed by atoms with Gasteiger partial charge in [-0.15, -0.1) is 0 Å². The first-order valence-corrected chi connectivity index (χ1v) is 17.1. The Balaban J connectivity index is 1.92. The fourth-order valence-electron chi connectivity index (χ4n) is 4.40. The van der Waals surface area contributed by atoms with Crippen LogP contribution in [0, 0.1) is 0 Å². The maximum absolute atomic E-state index is 13.3. The lowest BCUT2D eigenvalue weighted by molar-refractivity contribution is -0.160. The molecule has 53 heavy (non-hydrogen) atoms. The van der Waals surface area contributed by atoms with Crippen LogP contribution in [0.3, 0.4) is 0 Å². The molecular weight excluding hydrogens is 678 g/mol. The zero-order valence-electron chi connectivity index (χ0n) is 32.6. The van der Waals surface area contributed by atoms with Gasteiger partial charge in [-0.3, -0.25) is 19.2 Å². The van der Waals surface area contributed by atoms with Crippen LogP contribution in [0.2, 0.25) is 0 Å². The van der Waals surface area contributed by atoms with Gasteiger partial charge in [0.15, 0.2) is 0 Å². The maximum Gasteiger partial charge on any atom is 0.347 e. The van der Waals surface area contributed by atoms with Crippen LogP contribution in [-0.2, 0) is 23.9 Å². The fraction of sp³-hybridized carbons (Fsp3) is 0.286. The third kappa shape index (κ3) is 18.6. The summed E-state index contributed by atoms with van der Waals surface area (Å²) in [6, 6.07) is 9.01. The number of allylic oxidation sites excluding steroid dienone is 11. The molecule has 0 heterocycles. The van der Waals surface area contributed by atoms with Crippen LogP contribution in [0.1, 0.15) is 96.4 Å². The summed E-state index contributed by atoms with van der Waals surface area (Å²) in [4.78, 5) is 74.9. The second-order valence-electron chi connectivity index (χ2n) is 11.1. The number of amides is 1. The summed E-state index contributed by atoms with van der Waals surface area (Å²) in [7, 11) is 0. The first-order chi connectivity index (χ1) is 26.8. The van der Waals surface area contributed by atoms with Crippen LogP contribution in [0.15, 0.2) is 121 Å². The van der Waals surface area contributed by atoms with Crippen molar-refractivity contribution in [2.75, 3.05) is 0 Å². The molecule has 0 fully saturated rings. The van der Waals surface area contributed by atoms with Gasteiger partial charge in [0.05, 0.1) is 12.0 Å². The lowest BCUT2D eigenvalue weighted by Gasteiger charge is -2.17. The van der Waals surface area contributed by atoms with Crippen molar-refractivity contribution in [1.82, 2.24) is 5.32 Å². The van der Waals surface area contributed by atoms with E-state index in [9.17, 15) is 33.9 Å². The topological polar surface area (TPSA) is 162 Å². The molecule has 0 aliphatic carbocycles. The van der Waals surface area contributed by atoms with Crippen LogP contribution in [-0.4, -0.2) is 46.9 Å². The number of ether oxygens (including phenoxy) is 3. The highest BCUT2D eigenvalue weighted by Crippen LogP contribution is 2.24. The first-order valence-electron chi connectivity index (χ1n) is 18.6. The van der Waals surface area contributed by atoms with E-state index in [2.05, 4.69) is 60.8 Å². The number of esters is 4. The van der Waals surface area contributed by atoms with Gasteiger partial charge in [-0.1, -0.05) is 104 Å². The number of carbonyl (C=O) groups is 6. The summed E-state index contributed by atoms with van der Waals surface area (Å²) in [6.45, 7) is -0.989. The number of hydrogen-bond acceptors (Lipinski definition) is 9. The lowest BCUT2D eigenvalue weighted by atomic mass is 10.1. The Hall–Kier alpha value is -6.10. The van der Waals surface area contributed by atoms with Gasteiger partial charge < -0.3 is 24.6 Å².